The van der Waals surface area contributed by atoms with E-state index in [2.05, 4.69) is 78.0 Å². The standard InChI is InChI=1S/C32H50O2Si/c1-29(2)25-15-19-32(5)26-14-13-24(33)23(21-35(6,7)22-11-9-8-10-12-22)30(26,3)18-16-27(32)31(25,4)20-17-28(29)34/h8-12,23,25-28,34H,13-21H2,1-7H3/t23-,25-,26+,27+,28-,30+,31-,32-/m0/s1. The largest absolute Gasteiger partial charge is 0.393 e. The van der Waals surface area contributed by atoms with E-state index in [1.54, 1.807) is 0 Å². The lowest BCUT2D eigenvalue weighted by Crippen LogP contribution is -2.65. The number of benzene rings is 1. The summed E-state index contributed by atoms with van der Waals surface area (Å²) >= 11 is 0. The predicted molar refractivity (Wildman–Crippen MR) is 148 cm³/mol. The van der Waals surface area contributed by atoms with Crippen molar-refractivity contribution < 1.29 is 9.90 Å². The van der Waals surface area contributed by atoms with Crippen LogP contribution in [0.2, 0.25) is 19.1 Å². The molecule has 0 heterocycles. The first-order chi connectivity index (χ1) is 16.3. The van der Waals surface area contributed by atoms with Crippen molar-refractivity contribution in [1.29, 1.82) is 0 Å². The highest BCUT2D eigenvalue weighted by Gasteiger charge is 2.67. The average Bonchev–Trinajstić information content (AvgIpc) is 2.79. The summed E-state index contributed by atoms with van der Waals surface area (Å²) in [6.07, 6.45) is 8.82. The van der Waals surface area contributed by atoms with Gasteiger partial charge in [0.1, 0.15) is 5.78 Å². The summed E-state index contributed by atoms with van der Waals surface area (Å²) in [6.45, 7) is 17.4. The zero-order valence-electron chi connectivity index (χ0n) is 23.5. The smallest absolute Gasteiger partial charge is 0.136 e. The van der Waals surface area contributed by atoms with Crippen molar-refractivity contribution >= 4 is 19.0 Å². The second-order valence-corrected chi connectivity index (χ2v) is 19.9. The third-order valence-corrected chi connectivity index (χ3v) is 16.1. The molecule has 0 radical (unpaired) electrons. The molecule has 4 fully saturated rings. The molecule has 2 nitrogen and oxygen atoms in total. The quantitative estimate of drug-likeness (QED) is 0.451. The molecule has 0 unspecified atom stereocenters. The van der Waals surface area contributed by atoms with E-state index in [4.69, 9.17) is 0 Å². The summed E-state index contributed by atoms with van der Waals surface area (Å²) in [5.41, 5.74) is 0.762. The van der Waals surface area contributed by atoms with Crippen molar-refractivity contribution in [3.05, 3.63) is 30.3 Å². The van der Waals surface area contributed by atoms with Gasteiger partial charge in [0, 0.05) is 12.3 Å². The van der Waals surface area contributed by atoms with Gasteiger partial charge in [0.15, 0.2) is 0 Å². The van der Waals surface area contributed by atoms with Gasteiger partial charge in [0.25, 0.3) is 0 Å². The number of carbonyl (C=O) groups is 1. The Kier molecular flexibility index (Phi) is 6.08. The zero-order chi connectivity index (χ0) is 25.4. The normalized spacial score (nSPS) is 45.3. The van der Waals surface area contributed by atoms with Gasteiger partial charge < -0.3 is 5.11 Å². The Balaban J connectivity index is 1.48. The summed E-state index contributed by atoms with van der Waals surface area (Å²) in [4.78, 5) is 13.6. The van der Waals surface area contributed by atoms with Gasteiger partial charge in [-0.05, 0) is 90.4 Å². The lowest BCUT2D eigenvalue weighted by molar-refractivity contribution is -0.222. The molecule has 4 aliphatic rings. The van der Waals surface area contributed by atoms with Crippen LogP contribution in [0, 0.1) is 45.3 Å². The van der Waals surface area contributed by atoms with E-state index in [1.165, 1.54) is 37.3 Å². The molecule has 4 aliphatic carbocycles. The summed E-state index contributed by atoms with van der Waals surface area (Å²) in [5, 5.41) is 12.4. The maximum absolute atomic E-state index is 13.6. The van der Waals surface area contributed by atoms with Crippen LogP contribution in [-0.4, -0.2) is 25.1 Å². The van der Waals surface area contributed by atoms with Crippen LogP contribution in [0.3, 0.4) is 0 Å². The van der Waals surface area contributed by atoms with Gasteiger partial charge in [0.05, 0.1) is 14.2 Å². The SMILES string of the molecule is CC1(C)[C@@H](O)CC[C@]2(C)[C@H]3CC[C@@]4(C)[C@@H](CCC(=O)[C@@H]4C[Si](C)(C)c4ccccc4)[C@]3(C)CC[C@@H]12. The summed E-state index contributed by atoms with van der Waals surface area (Å²) in [5.74, 6) is 2.74. The topological polar surface area (TPSA) is 37.3 Å². The summed E-state index contributed by atoms with van der Waals surface area (Å²) < 4.78 is 0. The molecule has 1 aromatic carbocycles. The second-order valence-electron chi connectivity index (χ2n) is 15.1. The molecule has 0 aliphatic heterocycles. The van der Waals surface area contributed by atoms with Gasteiger partial charge in [-0.15, -0.1) is 0 Å². The number of hydrogen-bond acceptors (Lipinski definition) is 2. The zero-order valence-corrected chi connectivity index (χ0v) is 24.5. The van der Waals surface area contributed by atoms with Gasteiger partial charge in [-0.1, -0.05) is 83.2 Å². The number of aliphatic hydroxyl groups is 1. The van der Waals surface area contributed by atoms with Crippen LogP contribution in [0.4, 0.5) is 0 Å². The molecule has 5 rings (SSSR count). The van der Waals surface area contributed by atoms with Crippen LogP contribution in [0.25, 0.3) is 0 Å². The molecule has 1 N–H and O–H groups in total. The van der Waals surface area contributed by atoms with Crippen molar-refractivity contribution in [3.63, 3.8) is 0 Å². The summed E-state index contributed by atoms with van der Waals surface area (Å²) in [7, 11) is -1.72. The minimum atomic E-state index is -1.72. The fourth-order valence-electron chi connectivity index (χ4n) is 10.8. The minimum Gasteiger partial charge on any atom is -0.393 e. The van der Waals surface area contributed by atoms with Crippen molar-refractivity contribution in [2.75, 3.05) is 0 Å². The first-order valence-electron chi connectivity index (χ1n) is 14.5. The van der Waals surface area contributed by atoms with Gasteiger partial charge in [-0.3, -0.25) is 4.79 Å². The van der Waals surface area contributed by atoms with Crippen LogP contribution in [0.1, 0.15) is 86.0 Å². The van der Waals surface area contributed by atoms with Crippen LogP contribution >= 0.6 is 0 Å². The second kappa shape index (κ2) is 8.28. The Hall–Kier alpha value is -0.933. The van der Waals surface area contributed by atoms with Crippen LogP contribution in [0.15, 0.2) is 30.3 Å². The van der Waals surface area contributed by atoms with E-state index in [-0.39, 0.29) is 22.9 Å². The molecule has 0 spiro atoms. The van der Waals surface area contributed by atoms with Crippen LogP contribution in [0.5, 0.6) is 0 Å². The van der Waals surface area contributed by atoms with Crippen molar-refractivity contribution in [2.45, 2.75) is 111 Å². The molecule has 8 atom stereocenters. The number of aliphatic hydroxyl groups excluding tert-OH is 1. The first kappa shape index (κ1) is 25.7. The number of ketones is 1. The van der Waals surface area contributed by atoms with Gasteiger partial charge in [0.2, 0.25) is 0 Å². The molecule has 194 valence electrons. The third-order valence-electron chi connectivity index (χ3n) is 12.8. The lowest BCUT2D eigenvalue weighted by atomic mass is 9.35. The third kappa shape index (κ3) is 3.68. The Bertz CT molecular complexity index is 969. The van der Waals surface area contributed by atoms with Crippen molar-refractivity contribution in [3.8, 4) is 0 Å². The molecule has 4 saturated carbocycles. The van der Waals surface area contributed by atoms with Crippen LogP contribution in [-0.2, 0) is 4.79 Å². The average molecular weight is 495 g/mol. The van der Waals surface area contributed by atoms with Gasteiger partial charge in [-0.25, -0.2) is 0 Å². The molecule has 0 amide bonds. The molecule has 35 heavy (non-hydrogen) atoms. The van der Waals surface area contributed by atoms with Gasteiger partial charge >= 0.3 is 0 Å². The van der Waals surface area contributed by atoms with Crippen molar-refractivity contribution in [2.24, 2.45) is 45.3 Å². The highest BCUT2D eigenvalue weighted by molar-refractivity contribution is 6.90. The first-order valence-corrected chi connectivity index (χ1v) is 17.7. The molecule has 1 aromatic rings. The van der Waals surface area contributed by atoms with E-state index in [0.29, 0.717) is 34.4 Å². The highest BCUT2D eigenvalue weighted by atomic mass is 28.3. The maximum Gasteiger partial charge on any atom is 0.136 e. The molecule has 3 heteroatoms. The number of rotatable bonds is 3. The number of hydrogen-bond donors (Lipinski definition) is 1. The monoisotopic (exact) mass is 494 g/mol. The molecular weight excluding hydrogens is 444 g/mol. The van der Waals surface area contributed by atoms with Gasteiger partial charge in [-0.2, -0.15) is 0 Å². The molecule has 0 bridgehead atoms. The van der Waals surface area contributed by atoms with Crippen molar-refractivity contribution in [1.82, 2.24) is 0 Å². The fourth-order valence-corrected chi connectivity index (χ4v) is 13.9. The Morgan fingerprint density at radius 1 is 0.800 bits per heavy atom. The highest BCUT2D eigenvalue weighted by Crippen LogP contribution is 2.73. The molecule has 0 saturated heterocycles. The Morgan fingerprint density at radius 3 is 2.03 bits per heavy atom. The number of fused-ring (bicyclic) bond motifs is 5. The van der Waals surface area contributed by atoms with E-state index in [1.807, 2.05) is 0 Å². The van der Waals surface area contributed by atoms with Crippen LogP contribution < -0.4 is 5.19 Å². The fraction of sp³-hybridized carbons (Fsp3) is 0.781. The number of Topliss-reactive ketones (excluding diaryl/α,β-unsaturated/α-hetero) is 1. The Morgan fingerprint density at radius 2 is 1.34 bits per heavy atom. The van der Waals surface area contributed by atoms with E-state index >= 15 is 0 Å². The lowest BCUT2D eigenvalue weighted by Gasteiger charge is -2.70. The van der Waals surface area contributed by atoms with E-state index < -0.39 is 8.07 Å². The predicted octanol–water partition coefficient (Wildman–Crippen LogP) is 7.22. The molecular formula is C32H50O2Si. The van der Waals surface area contributed by atoms with E-state index in [0.717, 1.165) is 25.3 Å². The Labute approximate surface area is 215 Å². The molecule has 0 aromatic heterocycles. The van der Waals surface area contributed by atoms with E-state index in [9.17, 15) is 9.90 Å². The maximum atomic E-state index is 13.6. The number of carbonyl (C=O) groups excluding carboxylic acids is 1. The minimum absolute atomic E-state index is 0.00541. The summed E-state index contributed by atoms with van der Waals surface area (Å²) in [6, 6.07) is 12.2.